The van der Waals surface area contributed by atoms with Crippen molar-refractivity contribution in [1.29, 1.82) is 0 Å². The first kappa shape index (κ1) is 9.05. The molecule has 6 heteroatoms. The summed E-state index contributed by atoms with van der Waals surface area (Å²) in [6.45, 7) is 1.42. The third-order valence-electron chi connectivity index (χ3n) is 1.22. The standard InChI is InChI=1S/C6H5F2NO2S/c1-2-3(4(7)8)9-5(12-2)6(10)11/h4H,1H3,(H,10,11). The van der Waals surface area contributed by atoms with Crippen LogP contribution in [-0.4, -0.2) is 16.1 Å². The number of hydrogen-bond donors (Lipinski definition) is 1. The van der Waals surface area contributed by atoms with Crippen LogP contribution in [-0.2, 0) is 0 Å². The van der Waals surface area contributed by atoms with E-state index in [0.29, 0.717) is 0 Å². The molecule has 0 aliphatic rings. The van der Waals surface area contributed by atoms with E-state index in [1.54, 1.807) is 0 Å². The molecule has 0 aliphatic heterocycles. The van der Waals surface area contributed by atoms with Crippen LogP contribution in [0.15, 0.2) is 0 Å². The lowest BCUT2D eigenvalue weighted by Gasteiger charge is -1.91. The van der Waals surface area contributed by atoms with Crippen molar-refractivity contribution in [3.05, 3.63) is 15.6 Å². The molecular formula is C6H5F2NO2S. The molecule has 1 heterocycles. The largest absolute Gasteiger partial charge is 0.476 e. The third kappa shape index (κ3) is 1.58. The zero-order valence-corrected chi connectivity index (χ0v) is 6.86. The maximum atomic E-state index is 12.1. The lowest BCUT2D eigenvalue weighted by molar-refractivity contribution is 0.0695. The highest BCUT2D eigenvalue weighted by Crippen LogP contribution is 2.26. The lowest BCUT2D eigenvalue weighted by atomic mass is 10.4. The normalized spacial score (nSPS) is 10.7. The van der Waals surface area contributed by atoms with Gasteiger partial charge in [-0.05, 0) is 6.92 Å². The fourth-order valence-electron chi connectivity index (χ4n) is 0.702. The van der Waals surface area contributed by atoms with Gasteiger partial charge in [-0.25, -0.2) is 18.6 Å². The summed E-state index contributed by atoms with van der Waals surface area (Å²) in [6.07, 6.45) is -2.70. The Balaban J connectivity index is 3.09. The highest BCUT2D eigenvalue weighted by Gasteiger charge is 2.19. The Hall–Kier alpha value is -1.04. The van der Waals surface area contributed by atoms with Crippen LogP contribution in [0.4, 0.5) is 8.78 Å². The molecule has 0 radical (unpaired) electrons. The maximum absolute atomic E-state index is 12.1. The van der Waals surface area contributed by atoms with Gasteiger partial charge in [-0.15, -0.1) is 11.3 Å². The number of carbonyl (C=O) groups is 1. The van der Waals surface area contributed by atoms with Crippen molar-refractivity contribution in [1.82, 2.24) is 4.98 Å². The Kier molecular flexibility index (Phi) is 2.37. The smallest absolute Gasteiger partial charge is 0.365 e. The molecule has 0 aromatic carbocycles. The predicted octanol–water partition coefficient (Wildman–Crippen LogP) is 2.09. The van der Waals surface area contributed by atoms with E-state index in [1.807, 2.05) is 0 Å². The molecule has 12 heavy (non-hydrogen) atoms. The lowest BCUT2D eigenvalue weighted by Crippen LogP contribution is -1.95. The monoisotopic (exact) mass is 193 g/mol. The number of hydrogen-bond acceptors (Lipinski definition) is 3. The number of thiazole rings is 1. The number of carboxylic acids is 1. The predicted molar refractivity (Wildman–Crippen MR) is 38.8 cm³/mol. The summed E-state index contributed by atoms with van der Waals surface area (Å²) < 4.78 is 24.1. The second kappa shape index (κ2) is 3.14. The van der Waals surface area contributed by atoms with Gasteiger partial charge in [0.1, 0.15) is 5.69 Å². The van der Waals surface area contributed by atoms with Gasteiger partial charge in [0.15, 0.2) is 0 Å². The van der Waals surface area contributed by atoms with Gasteiger partial charge >= 0.3 is 5.97 Å². The SMILES string of the molecule is Cc1sc(C(=O)O)nc1C(F)F. The van der Waals surface area contributed by atoms with Gasteiger partial charge in [-0.3, -0.25) is 0 Å². The van der Waals surface area contributed by atoms with Crippen molar-refractivity contribution in [2.24, 2.45) is 0 Å². The van der Waals surface area contributed by atoms with Crippen LogP contribution in [0, 0.1) is 6.92 Å². The molecule has 66 valence electrons. The Morgan fingerprint density at radius 2 is 2.25 bits per heavy atom. The summed E-state index contributed by atoms with van der Waals surface area (Å²) >= 11 is 0.760. The number of rotatable bonds is 2. The number of alkyl halides is 2. The van der Waals surface area contributed by atoms with E-state index in [-0.39, 0.29) is 9.88 Å². The Labute approximate surface area is 70.7 Å². The Bertz CT molecular complexity index is 310. The van der Waals surface area contributed by atoms with Gasteiger partial charge in [0, 0.05) is 4.88 Å². The van der Waals surface area contributed by atoms with Gasteiger partial charge in [-0.1, -0.05) is 0 Å². The van der Waals surface area contributed by atoms with Crippen molar-refractivity contribution < 1.29 is 18.7 Å². The molecule has 0 saturated heterocycles. The van der Waals surface area contributed by atoms with Crippen LogP contribution >= 0.6 is 11.3 Å². The van der Waals surface area contributed by atoms with E-state index in [1.165, 1.54) is 6.92 Å². The Morgan fingerprint density at radius 3 is 2.50 bits per heavy atom. The molecule has 0 spiro atoms. The first-order chi connectivity index (χ1) is 5.52. The molecule has 3 nitrogen and oxygen atoms in total. The molecule has 0 atom stereocenters. The minimum absolute atomic E-state index is 0.252. The van der Waals surface area contributed by atoms with E-state index in [2.05, 4.69) is 4.98 Å². The van der Waals surface area contributed by atoms with Crippen molar-refractivity contribution in [3.63, 3.8) is 0 Å². The fraction of sp³-hybridized carbons (Fsp3) is 0.333. The second-order valence-corrected chi connectivity index (χ2v) is 3.27. The average molecular weight is 193 g/mol. The average Bonchev–Trinajstić information content (AvgIpc) is 2.30. The maximum Gasteiger partial charge on any atom is 0.365 e. The van der Waals surface area contributed by atoms with E-state index < -0.39 is 18.1 Å². The number of nitrogens with zero attached hydrogens (tertiary/aromatic N) is 1. The van der Waals surface area contributed by atoms with E-state index in [0.717, 1.165) is 11.3 Å². The summed E-state index contributed by atoms with van der Waals surface area (Å²) in [6, 6.07) is 0. The summed E-state index contributed by atoms with van der Waals surface area (Å²) in [7, 11) is 0. The third-order valence-corrected chi connectivity index (χ3v) is 2.20. The molecule has 1 aromatic rings. The van der Waals surface area contributed by atoms with Crippen molar-refractivity contribution in [2.45, 2.75) is 13.3 Å². The van der Waals surface area contributed by atoms with Crippen LogP contribution in [0.2, 0.25) is 0 Å². The minimum atomic E-state index is -2.70. The van der Waals surface area contributed by atoms with Gasteiger partial charge in [0.05, 0.1) is 0 Å². The van der Waals surface area contributed by atoms with E-state index in [4.69, 9.17) is 5.11 Å². The van der Waals surface area contributed by atoms with Crippen LogP contribution in [0.5, 0.6) is 0 Å². The molecule has 0 unspecified atom stereocenters. The highest BCUT2D eigenvalue weighted by molar-refractivity contribution is 7.13. The summed E-state index contributed by atoms with van der Waals surface area (Å²) in [5.74, 6) is -1.27. The first-order valence-corrected chi connectivity index (χ1v) is 3.82. The molecule has 0 saturated carbocycles. The number of carboxylic acid groups (broad SMARTS) is 1. The van der Waals surface area contributed by atoms with Crippen LogP contribution in [0.3, 0.4) is 0 Å². The second-order valence-electron chi connectivity index (χ2n) is 2.07. The molecule has 0 aliphatic carbocycles. The zero-order chi connectivity index (χ0) is 9.30. The number of aryl methyl sites for hydroxylation is 1. The summed E-state index contributed by atoms with van der Waals surface area (Å²) in [5, 5.41) is 8.12. The van der Waals surface area contributed by atoms with Crippen LogP contribution in [0.1, 0.15) is 26.8 Å². The van der Waals surface area contributed by atoms with Gasteiger partial charge < -0.3 is 5.11 Å². The number of aromatic carboxylic acids is 1. The molecule has 1 rings (SSSR count). The fourth-order valence-corrected chi connectivity index (χ4v) is 1.46. The Morgan fingerprint density at radius 1 is 1.67 bits per heavy atom. The topological polar surface area (TPSA) is 50.2 Å². The van der Waals surface area contributed by atoms with Crippen molar-refractivity contribution in [2.75, 3.05) is 0 Å². The molecule has 0 bridgehead atoms. The summed E-state index contributed by atoms with van der Waals surface area (Å²) in [4.78, 5) is 13.8. The van der Waals surface area contributed by atoms with E-state index in [9.17, 15) is 13.6 Å². The molecule has 1 aromatic heterocycles. The van der Waals surface area contributed by atoms with Crippen LogP contribution < -0.4 is 0 Å². The molecule has 1 N–H and O–H groups in total. The molecular weight excluding hydrogens is 188 g/mol. The van der Waals surface area contributed by atoms with Gasteiger partial charge in [0.25, 0.3) is 6.43 Å². The van der Waals surface area contributed by atoms with E-state index >= 15 is 0 Å². The number of halogens is 2. The number of aromatic nitrogens is 1. The van der Waals surface area contributed by atoms with Crippen LogP contribution in [0.25, 0.3) is 0 Å². The van der Waals surface area contributed by atoms with Gasteiger partial charge in [-0.2, -0.15) is 0 Å². The molecule has 0 fully saturated rings. The first-order valence-electron chi connectivity index (χ1n) is 3.01. The summed E-state index contributed by atoms with van der Waals surface area (Å²) in [5.41, 5.74) is -0.433. The van der Waals surface area contributed by atoms with Crippen molar-refractivity contribution >= 4 is 17.3 Å². The highest BCUT2D eigenvalue weighted by atomic mass is 32.1. The molecule has 0 amide bonds. The van der Waals surface area contributed by atoms with Gasteiger partial charge in [0.2, 0.25) is 5.01 Å². The minimum Gasteiger partial charge on any atom is -0.476 e. The zero-order valence-electron chi connectivity index (χ0n) is 6.04. The van der Waals surface area contributed by atoms with Crippen molar-refractivity contribution in [3.8, 4) is 0 Å². The quantitative estimate of drug-likeness (QED) is 0.782.